The lowest BCUT2D eigenvalue weighted by Crippen LogP contribution is -2.51. The molecule has 0 unspecified atom stereocenters. The maximum absolute atomic E-state index is 9.38. The van der Waals surface area contributed by atoms with Crippen molar-refractivity contribution in [2.75, 3.05) is 18.0 Å². The van der Waals surface area contributed by atoms with Gasteiger partial charge in [0, 0.05) is 24.7 Å². The second-order valence-electron chi connectivity index (χ2n) is 4.21. The Morgan fingerprint density at radius 3 is 2.82 bits per heavy atom. The van der Waals surface area contributed by atoms with Crippen LogP contribution in [0.4, 0.5) is 5.69 Å². The van der Waals surface area contributed by atoms with Gasteiger partial charge < -0.3 is 10.0 Å². The first kappa shape index (κ1) is 10.1. The van der Waals surface area contributed by atoms with Crippen LogP contribution in [0.1, 0.15) is 5.56 Å². The molecular formula is C13H11N3O. The predicted octanol–water partition coefficient (Wildman–Crippen LogP) is 1.29. The van der Waals surface area contributed by atoms with Gasteiger partial charge in [-0.15, -0.1) is 0 Å². The van der Waals surface area contributed by atoms with E-state index in [4.69, 9.17) is 5.26 Å². The normalized spacial score (nSPS) is 15.6. The number of β-amino-alcohol motifs (C(OH)–C–C–N with tert-alkyl or cyclic N) is 1. The first-order valence-electron chi connectivity index (χ1n) is 5.50. The van der Waals surface area contributed by atoms with Crippen molar-refractivity contribution >= 4 is 16.6 Å². The average molecular weight is 225 g/mol. The molecule has 1 N–H and O–H groups in total. The maximum atomic E-state index is 9.38. The van der Waals surface area contributed by atoms with Crippen LogP contribution in [0.5, 0.6) is 0 Å². The van der Waals surface area contributed by atoms with Gasteiger partial charge in [0.15, 0.2) is 0 Å². The summed E-state index contributed by atoms with van der Waals surface area (Å²) in [7, 11) is 0. The molecule has 1 saturated heterocycles. The van der Waals surface area contributed by atoms with Gasteiger partial charge in [0.2, 0.25) is 0 Å². The number of para-hydroxylation sites is 1. The fourth-order valence-corrected chi connectivity index (χ4v) is 2.19. The maximum Gasteiger partial charge on any atom is 0.103 e. The van der Waals surface area contributed by atoms with Gasteiger partial charge in [-0.05, 0) is 6.07 Å². The number of hydrogen-bond donors (Lipinski definition) is 1. The summed E-state index contributed by atoms with van der Waals surface area (Å²) in [4.78, 5) is 6.28. The highest BCUT2D eigenvalue weighted by molar-refractivity contribution is 5.94. The summed E-state index contributed by atoms with van der Waals surface area (Å²) in [5.74, 6) is 0. The Hall–Kier alpha value is -2.12. The number of nitriles is 1. The number of nitrogens with zero attached hydrogens (tertiary/aromatic N) is 3. The van der Waals surface area contributed by atoms with E-state index in [0.29, 0.717) is 18.7 Å². The Labute approximate surface area is 98.7 Å². The molecule has 0 amide bonds. The second-order valence-corrected chi connectivity index (χ2v) is 4.21. The molecule has 1 aromatic carbocycles. The number of fused-ring (bicyclic) bond motifs is 1. The molecule has 1 aromatic heterocycles. The Bertz CT molecular complexity index is 612. The van der Waals surface area contributed by atoms with E-state index in [9.17, 15) is 5.11 Å². The van der Waals surface area contributed by atoms with Crippen LogP contribution in [0.3, 0.4) is 0 Å². The molecule has 1 aliphatic heterocycles. The molecule has 0 aliphatic carbocycles. The highest BCUT2D eigenvalue weighted by Crippen LogP contribution is 2.31. The molecule has 1 aliphatic rings. The molecule has 0 radical (unpaired) electrons. The van der Waals surface area contributed by atoms with Gasteiger partial charge in [-0.3, -0.25) is 4.98 Å². The summed E-state index contributed by atoms with van der Waals surface area (Å²) in [5, 5.41) is 19.5. The fraction of sp³-hybridized carbons (Fsp3) is 0.231. The lowest BCUT2D eigenvalue weighted by Gasteiger charge is -2.38. The van der Waals surface area contributed by atoms with E-state index in [1.54, 1.807) is 6.20 Å². The second kappa shape index (κ2) is 3.72. The minimum Gasteiger partial charge on any atom is -0.389 e. The van der Waals surface area contributed by atoms with E-state index < -0.39 is 0 Å². The molecule has 0 atom stereocenters. The van der Waals surface area contributed by atoms with Crippen LogP contribution >= 0.6 is 0 Å². The lowest BCUT2D eigenvalue weighted by atomic mass is 10.0. The Balaban J connectivity index is 2.22. The van der Waals surface area contributed by atoms with Crippen LogP contribution in [0.25, 0.3) is 10.9 Å². The quantitative estimate of drug-likeness (QED) is 0.794. The minimum absolute atomic E-state index is 0.284. The van der Waals surface area contributed by atoms with Crippen molar-refractivity contribution in [1.29, 1.82) is 5.26 Å². The van der Waals surface area contributed by atoms with Crippen molar-refractivity contribution < 1.29 is 5.11 Å². The summed E-state index contributed by atoms with van der Waals surface area (Å²) in [6.45, 7) is 1.17. The van der Waals surface area contributed by atoms with Crippen molar-refractivity contribution in [3.8, 4) is 6.07 Å². The number of pyridine rings is 1. The molecule has 2 aromatic rings. The summed E-state index contributed by atoms with van der Waals surface area (Å²) in [5.41, 5.74) is 2.34. The van der Waals surface area contributed by atoms with E-state index in [-0.39, 0.29) is 6.10 Å². The smallest absolute Gasteiger partial charge is 0.103 e. The van der Waals surface area contributed by atoms with Crippen LogP contribution in [0.15, 0.2) is 30.5 Å². The van der Waals surface area contributed by atoms with Crippen LogP contribution in [-0.4, -0.2) is 29.3 Å². The Morgan fingerprint density at radius 2 is 2.12 bits per heavy atom. The zero-order chi connectivity index (χ0) is 11.8. The Morgan fingerprint density at radius 1 is 1.35 bits per heavy atom. The number of aromatic nitrogens is 1. The molecular weight excluding hydrogens is 214 g/mol. The summed E-state index contributed by atoms with van der Waals surface area (Å²) in [6.07, 6.45) is 1.32. The van der Waals surface area contributed by atoms with Crippen LogP contribution in [0.2, 0.25) is 0 Å². The van der Waals surface area contributed by atoms with Crippen LogP contribution in [-0.2, 0) is 0 Å². The first-order valence-corrected chi connectivity index (χ1v) is 5.50. The number of benzene rings is 1. The third kappa shape index (κ3) is 1.52. The molecule has 2 heterocycles. The number of hydrogen-bond acceptors (Lipinski definition) is 4. The minimum atomic E-state index is -0.284. The number of aliphatic hydroxyl groups is 1. The third-order valence-electron chi connectivity index (χ3n) is 3.05. The predicted molar refractivity (Wildman–Crippen MR) is 64.7 cm³/mol. The largest absolute Gasteiger partial charge is 0.389 e. The summed E-state index contributed by atoms with van der Waals surface area (Å²) in [6, 6.07) is 9.92. The third-order valence-corrected chi connectivity index (χ3v) is 3.05. The lowest BCUT2D eigenvalue weighted by molar-refractivity contribution is 0.142. The van der Waals surface area contributed by atoms with Gasteiger partial charge in [-0.25, -0.2) is 0 Å². The summed E-state index contributed by atoms with van der Waals surface area (Å²) >= 11 is 0. The molecule has 0 spiro atoms. The van der Waals surface area contributed by atoms with E-state index in [2.05, 4.69) is 11.1 Å². The van der Waals surface area contributed by atoms with Gasteiger partial charge in [0.05, 0.1) is 22.9 Å². The van der Waals surface area contributed by atoms with Crippen LogP contribution < -0.4 is 4.90 Å². The zero-order valence-corrected chi connectivity index (χ0v) is 9.17. The zero-order valence-electron chi connectivity index (χ0n) is 9.17. The fourth-order valence-electron chi connectivity index (χ4n) is 2.19. The molecule has 1 fully saturated rings. The van der Waals surface area contributed by atoms with Crippen molar-refractivity contribution in [3.05, 3.63) is 36.0 Å². The van der Waals surface area contributed by atoms with Crippen molar-refractivity contribution in [3.63, 3.8) is 0 Å². The standard InChI is InChI=1S/C13H11N3O/c14-5-9-6-15-12-4-2-1-3-11(12)13(9)16-7-10(17)8-16/h1-4,6,10,17H,7-8H2. The van der Waals surface area contributed by atoms with E-state index >= 15 is 0 Å². The summed E-state index contributed by atoms with van der Waals surface area (Å²) < 4.78 is 0. The van der Waals surface area contributed by atoms with Gasteiger partial charge in [-0.1, -0.05) is 18.2 Å². The van der Waals surface area contributed by atoms with Gasteiger partial charge >= 0.3 is 0 Å². The van der Waals surface area contributed by atoms with Crippen molar-refractivity contribution in [1.82, 2.24) is 4.98 Å². The van der Waals surface area contributed by atoms with Gasteiger partial charge in [0.1, 0.15) is 6.07 Å². The van der Waals surface area contributed by atoms with E-state index in [1.165, 1.54) is 0 Å². The number of rotatable bonds is 1. The van der Waals surface area contributed by atoms with Gasteiger partial charge in [-0.2, -0.15) is 5.26 Å². The Kier molecular flexibility index (Phi) is 2.20. The molecule has 17 heavy (non-hydrogen) atoms. The highest BCUT2D eigenvalue weighted by atomic mass is 16.3. The van der Waals surface area contributed by atoms with Crippen LogP contribution in [0, 0.1) is 11.3 Å². The SMILES string of the molecule is N#Cc1cnc2ccccc2c1N1CC(O)C1. The molecule has 0 bridgehead atoms. The molecule has 0 saturated carbocycles. The van der Waals surface area contributed by atoms with Crippen molar-refractivity contribution in [2.45, 2.75) is 6.10 Å². The molecule has 4 nitrogen and oxygen atoms in total. The monoisotopic (exact) mass is 225 g/mol. The van der Waals surface area contributed by atoms with Gasteiger partial charge in [0.25, 0.3) is 0 Å². The van der Waals surface area contributed by atoms with E-state index in [1.807, 2.05) is 29.2 Å². The average Bonchev–Trinajstić information content (AvgIpc) is 2.34. The number of anilines is 1. The first-order chi connectivity index (χ1) is 8.29. The highest BCUT2D eigenvalue weighted by Gasteiger charge is 2.27. The van der Waals surface area contributed by atoms with E-state index in [0.717, 1.165) is 16.6 Å². The topological polar surface area (TPSA) is 60.2 Å². The number of aliphatic hydroxyl groups excluding tert-OH is 1. The van der Waals surface area contributed by atoms with Crippen molar-refractivity contribution in [2.24, 2.45) is 0 Å². The molecule has 4 heteroatoms. The molecule has 84 valence electrons. The molecule has 3 rings (SSSR count).